The first-order chi connectivity index (χ1) is 14.3. The molecule has 1 aromatic carbocycles. The molecule has 1 aliphatic rings. The molecule has 29 heavy (non-hydrogen) atoms. The third kappa shape index (κ3) is 8.83. The van der Waals surface area contributed by atoms with Gasteiger partial charge in [0.1, 0.15) is 6.04 Å². The molecular formula is C28H50N+. The molecule has 0 amide bonds. The minimum atomic E-state index is 0.719. The Labute approximate surface area is 182 Å². The average Bonchev–Trinajstić information content (AvgIpc) is 3.22. The molecule has 166 valence electrons. The maximum Gasteiger partial charge on any atom is 0.114 e. The van der Waals surface area contributed by atoms with Crippen LogP contribution in [-0.4, -0.2) is 24.1 Å². The fourth-order valence-corrected chi connectivity index (χ4v) is 5.72. The highest BCUT2D eigenvalue weighted by atomic mass is 15.4. The number of unbranched alkanes of at least 4 members (excludes halogenated alkanes) is 12. The van der Waals surface area contributed by atoms with Crippen molar-refractivity contribution in [3.63, 3.8) is 0 Å². The van der Waals surface area contributed by atoms with Crippen molar-refractivity contribution in [2.75, 3.05) is 19.6 Å². The molecule has 0 spiro atoms. The Kier molecular flexibility index (Phi) is 12.7. The zero-order valence-electron chi connectivity index (χ0n) is 19.8. The van der Waals surface area contributed by atoms with E-state index in [4.69, 9.17) is 0 Å². The molecule has 1 heteroatoms. The monoisotopic (exact) mass is 400 g/mol. The number of likely N-dealkylation sites (tertiary alicyclic amines) is 1. The first kappa shape index (κ1) is 24.4. The molecule has 1 unspecified atom stereocenters. The van der Waals surface area contributed by atoms with Crippen molar-refractivity contribution in [2.45, 2.75) is 123 Å². The van der Waals surface area contributed by atoms with E-state index in [9.17, 15) is 0 Å². The van der Waals surface area contributed by atoms with Gasteiger partial charge >= 0.3 is 0 Å². The Morgan fingerprint density at radius 3 is 1.62 bits per heavy atom. The molecule has 1 aromatic rings. The summed E-state index contributed by atoms with van der Waals surface area (Å²) in [4.78, 5) is 0. The Bertz CT molecular complexity index is 488. The molecule has 1 heterocycles. The van der Waals surface area contributed by atoms with Crippen molar-refractivity contribution >= 4 is 0 Å². The van der Waals surface area contributed by atoms with Crippen LogP contribution in [-0.2, 0) is 0 Å². The number of hydrogen-bond donors (Lipinski definition) is 0. The van der Waals surface area contributed by atoms with Gasteiger partial charge in [0, 0.05) is 24.8 Å². The summed E-state index contributed by atoms with van der Waals surface area (Å²) in [6, 6.07) is 12.1. The smallest absolute Gasteiger partial charge is 0.114 e. The molecule has 0 saturated carbocycles. The van der Waals surface area contributed by atoms with E-state index in [1.165, 1.54) is 127 Å². The summed E-state index contributed by atoms with van der Waals surface area (Å²) in [6.45, 7) is 8.93. The quantitative estimate of drug-likeness (QED) is 0.181. The number of rotatable bonds is 17. The van der Waals surface area contributed by atoms with Crippen molar-refractivity contribution in [2.24, 2.45) is 0 Å². The molecule has 1 saturated heterocycles. The summed E-state index contributed by atoms with van der Waals surface area (Å²) in [5, 5.41) is 0. The summed E-state index contributed by atoms with van der Waals surface area (Å²) < 4.78 is 1.37. The highest BCUT2D eigenvalue weighted by molar-refractivity contribution is 5.17. The van der Waals surface area contributed by atoms with E-state index in [1.54, 1.807) is 5.56 Å². The lowest BCUT2D eigenvalue weighted by Gasteiger charge is -2.42. The van der Waals surface area contributed by atoms with Gasteiger partial charge in [0.25, 0.3) is 0 Å². The molecule has 1 atom stereocenters. The van der Waals surface area contributed by atoms with E-state index in [0.29, 0.717) is 0 Å². The maximum atomic E-state index is 2.40. The first-order valence-corrected chi connectivity index (χ1v) is 13.2. The summed E-state index contributed by atoms with van der Waals surface area (Å²) in [5.74, 6) is 0. The van der Waals surface area contributed by atoms with Crippen LogP contribution in [0.4, 0.5) is 0 Å². The zero-order valence-corrected chi connectivity index (χ0v) is 19.8. The van der Waals surface area contributed by atoms with Gasteiger partial charge in [0.15, 0.2) is 0 Å². The van der Waals surface area contributed by atoms with Crippen LogP contribution in [0.5, 0.6) is 0 Å². The Morgan fingerprint density at radius 1 is 0.655 bits per heavy atom. The SMILES string of the molecule is CCCCCCCCCCCCCCC[N+]1(C(CC)c2ccccc2)CCCC1. The molecule has 0 bridgehead atoms. The number of nitrogens with zero attached hydrogens (tertiary/aromatic N) is 1. The van der Waals surface area contributed by atoms with Crippen LogP contribution in [0.15, 0.2) is 30.3 Å². The standard InChI is InChI=1S/C28H50N/c1-3-5-6-7-8-9-10-11-12-13-14-15-19-24-29(25-20-21-26-29)28(4-2)27-22-17-16-18-23-27/h16-18,22-23,28H,3-15,19-21,24-26H2,1-2H3/q+1. The number of quaternary nitrogens is 1. The minimum absolute atomic E-state index is 0.719. The first-order valence-electron chi connectivity index (χ1n) is 13.2. The van der Waals surface area contributed by atoms with Gasteiger partial charge in [-0.3, -0.25) is 0 Å². The van der Waals surface area contributed by atoms with Crippen molar-refractivity contribution in [1.29, 1.82) is 0 Å². The zero-order chi connectivity index (χ0) is 20.6. The average molecular weight is 401 g/mol. The Hall–Kier alpha value is -0.820. The lowest BCUT2D eigenvalue weighted by molar-refractivity contribution is -0.946. The highest BCUT2D eigenvalue weighted by Gasteiger charge is 2.39. The Morgan fingerprint density at radius 2 is 1.14 bits per heavy atom. The van der Waals surface area contributed by atoms with Crippen molar-refractivity contribution in [3.05, 3.63) is 35.9 Å². The maximum absolute atomic E-state index is 2.40. The summed E-state index contributed by atoms with van der Waals surface area (Å²) in [5.41, 5.74) is 1.58. The van der Waals surface area contributed by atoms with E-state index < -0.39 is 0 Å². The normalized spacial score (nSPS) is 16.9. The fraction of sp³-hybridized carbons (Fsp3) is 0.786. The largest absolute Gasteiger partial charge is 0.317 e. The highest BCUT2D eigenvalue weighted by Crippen LogP contribution is 2.36. The van der Waals surface area contributed by atoms with Gasteiger partial charge in [-0.25, -0.2) is 0 Å². The van der Waals surface area contributed by atoms with Gasteiger partial charge in [0.05, 0.1) is 19.6 Å². The third-order valence-electron chi connectivity index (χ3n) is 7.40. The molecule has 0 aliphatic carbocycles. The Balaban J connectivity index is 1.58. The van der Waals surface area contributed by atoms with Crippen LogP contribution in [0, 0.1) is 0 Å². The minimum Gasteiger partial charge on any atom is -0.317 e. The van der Waals surface area contributed by atoms with Gasteiger partial charge in [-0.1, -0.05) is 115 Å². The van der Waals surface area contributed by atoms with E-state index >= 15 is 0 Å². The van der Waals surface area contributed by atoms with Crippen molar-refractivity contribution < 1.29 is 4.48 Å². The van der Waals surface area contributed by atoms with Gasteiger partial charge in [-0.05, 0) is 12.8 Å². The molecule has 0 aromatic heterocycles. The van der Waals surface area contributed by atoms with Crippen LogP contribution >= 0.6 is 0 Å². The van der Waals surface area contributed by atoms with Gasteiger partial charge in [0.2, 0.25) is 0 Å². The van der Waals surface area contributed by atoms with Crippen LogP contribution in [0.1, 0.15) is 128 Å². The van der Waals surface area contributed by atoms with E-state index in [-0.39, 0.29) is 0 Å². The molecule has 2 rings (SSSR count). The van der Waals surface area contributed by atoms with Crippen molar-refractivity contribution in [1.82, 2.24) is 0 Å². The van der Waals surface area contributed by atoms with Crippen LogP contribution in [0.3, 0.4) is 0 Å². The fourth-order valence-electron chi connectivity index (χ4n) is 5.72. The molecule has 1 nitrogen and oxygen atoms in total. The number of benzene rings is 1. The molecule has 0 radical (unpaired) electrons. The van der Waals surface area contributed by atoms with Crippen LogP contribution in [0.2, 0.25) is 0 Å². The second-order valence-electron chi connectivity index (χ2n) is 9.67. The second-order valence-corrected chi connectivity index (χ2v) is 9.67. The number of hydrogen-bond acceptors (Lipinski definition) is 0. The predicted molar refractivity (Wildman–Crippen MR) is 129 cm³/mol. The molecule has 1 fully saturated rings. The summed E-state index contributed by atoms with van der Waals surface area (Å²) in [6.07, 6.45) is 23.0. The van der Waals surface area contributed by atoms with Gasteiger partial charge in [-0.2, -0.15) is 0 Å². The summed E-state index contributed by atoms with van der Waals surface area (Å²) >= 11 is 0. The van der Waals surface area contributed by atoms with Gasteiger partial charge < -0.3 is 4.48 Å². The third-order valence-corrected chi connectivity index (χ3v) is 7.40. The van der Waals surface area contributed by atoms with E-state index in [1.807, 2.05) is 0 Å². The van der Waals surface area contributed by atoms with Crippen molar-refractivity contribution in [3.8, 4) is 0 Å². The lowest BCUT2D eigenvalue weighted by Crippen LogP contribution is -2.48. The van der Waals surface area contributed by atoms with Gasteiger partial charge in [-0.15, -0.1) is 0 Å². The second kappa shape index (κ2) is 15.1. The van der Waals surface area contributed by atoms with E-state index in [2.05, 4.69) is 44.2 Å². The molecular weight excluding hydrogens is 350 g/mol. The van der Waals surface area contributed by atoms with Crippen LogP contribution in [0.25, 0.3) is 0 Å². The summed E-state index contributed by atoms with van der Waals surface area (Å²) in [7, 11) is 0. The molecule has 1 aliphatic heterocycles. The lowest BCUT2D eigenvalue weighted by atomic mass is 9.99. The topological polar surface area (TPSA) is 0 Å². The van der Waals surface area contributed by atoms with E-state index in [0.717, 1.165) is 6.04 Å². The predicted octanol–water partition coefficient (Wildman–Crippen LogP) is 8.84. The molecule has 0 N–H and O–H groups in total. The van der Waals surface area contributed by atoms with Crippen LogP contribution < -0.4 is 0 Å².